The smallest absolute Gasteiger partial charge is 0.191 e. The fraction of sp³-hybridized carbons (Fsp3) is 0.368. The normalized spacial score (nSPS) is 11.9. The van der Waals surface area contributed by atoms with Crippen molar-refractivity contribution in [1.29, 1.82) is 0 Å². The van der Waals surface area contributed by atoms with E-state index < -0.39 is 0 Å². The Kier molecular flexibility index (Phi) is 6.52. The van der Waals surface area contributed by atoms with Gasteiger partial charge in [0.15, 0.2) is 5.96 Å². The van der Waals surface area contributed by atoms with Crippen molar-refractivity contribution in [3.8, 4) is 0 Å². The number of halogens is 1. The van der Waals surface area contributed by atoms with Crippen LogP contribution in [0.15, 0.2) is 35.6 Å². The second-order valence-electron chi connectivity index (χ2n) is 6.00. The fourth-order valence-electron chi connectivity index (χ4n) is 2.81. The highest BCUT2D eigenvalue weighted by molar-refractivity contribution is 7.11. The Balaban J connectivity index is 1.45. The number of aromatic nitrogens is 2. The van der Waals surface area contributed by atoms with Crippen LogP contribution < -0.4 is 10.6 Å². The predicted molar refractivity (Wildman–Crippen MR) is 112 cm³/mol. The number of aryl methyl sites for hydroxylation is 1. The zero-order valence-electron chi connectivity index (χ0n) is 15.1. The quantitative estimate of drug-likeness (QED) is 0.425. The van der Waals surface area contributed by atoms with Crippen molar-refractivity contribution in [2.75, 3.05) is 20.1 Å². The molecule has 1 aromatic carbocycles. The average Bonchev–Trinajstić information content (AvgIpc) is 3.27. The first-order valence-electron chi connectivity index (χ1n) is 8.83. The Morgan fingerprint density at radius 1 is 1.27 bits per heavy atom. The summed E-state index contributed by atoms with van der Waals surface area (Å²) in [5.41, 5.74) is 2.36. The molecule has 0 radical (unpaired) electrons. The summed E-state index contributed by atoms with van der Waals surface area (Å²) in [6.07, 6.45) is 6.88. The number of benzene rings is 1. The van der Waals surface area contributed by atoms with Crippen LogP contribution in [0.5, 0.6) is 0 Å². The van der Waals surface area contributed by atoms with E-state index >= 15 is 0 Å². The molecule has 0 unspecified atom stereocenters. The molecule has 0 aliphatic carbocycles. The van der Waals surface area contributed by atoms with Gasteiger partial charge in [0.25, 0.3) is 0 Å². The van der Waals surface area contributed by atoms with Crippen LogP contribution in [0.3, 0.4) is 0 Å². The van der Waals surface area contributed by atoms with Crippen LogP contribution >= 0.6 is 22.9 Å². The lowest BCUT2D eigenvalue weighted by molar-refractivity contribution is 0.783. The highest BCUT2D eigenvalue weighted by Gasteiger charge is 2.05. The lowest BCUT2D eigenvalue weighted by Gasteiger charge is -2.11. The zero-order valence-corrected chi connectivity index (χ0v) is 16.7. The molecule has 3 rings (SSSR count). The van der Waals surface area contributed by atoms with Crippen molar-refractivity contribution in [3.05, 3.63) is 51.1 Å². The van der Waals surface area contributed by atoms with Crippen molar-refractivity contribution in [3.63, 3.8) is 0 Å². The van der Waals surface area contributed by atoms with Gasteiger partial charge in [-0.25, -0.2) is 4.98 Å². The van der Waals surface area contributed by atoms with E-state index in [1.165, 1.54) is 20.8 Å². The Labute approximate surface area is 162 Å². The first-order chi connectivity index (χ1) is 12.7. The first kappa shape index (κ1) is 18.7. The maximum absolute atomic E-state index is 6.11. The number of hydrogen-bond donors (Lipinski definition) is 3. The summed E-state index contributed by atoms with van der Waals surface area (Å²) >= 11 is 7.89. The largest absolute Gasteiger partial charge is 0.361 e. The molecular weight excluding hydrogens is 366 g/mol. The number of rotatable bonds is 7. The molecule has 2 aromatic heterocycles. The number of thiazole rings is 1. The third-order valence-electron chi connectivity index (χ3n) is 4.22. The van der Waals surface area contributed by atoms with Gasteiger partial charge in [-0.15, -0.1) is 11.3 Å². The third kappa shape index (κ3) is 4.77. The number of nitrogens with one attached hydrogen (secondary N) is 3. The molecular formula is C19H24ClN5S. The van der Waals surface area contributed by atoms with Crippen molar-refractivity contribution >= 4 is 39.8 Å². The molecule has 0 bridgehead atoms. The Morgan fingerprint density at radius 3 is 2.81 bits per heavy atom. The summed E-state index contributed by atoms with van der Waals surface area (Å²) < 4.78 is 0. The van der Waals surface area contributed by atoms with Crippen LogP contribution in [0.4, 0.5) is 0 Å². The maximum atomic E-state index is 6.11. The average molecular weight is 390 g/mol. The van der Waals surface area contributed by atoms with E-state index in [4.69, 9.17) is 11.6 Å². The molecule has 0 amide bonds. The first-order valence-corrected chi connectivity index (χ1v) is 10.0. The van der Waals surface area contributed by atoms with Gasteiger partial charge in [0, 0.05) is 59.8 Å². The molecule has 0 saturated heterocycles. The van der Waals surface area contributed by atoms with Crippen LogP contribution in [0.1, 0.15) is 22.4 Å². The molecule has 3 N–H and O–H groups in total. The SMILES string of the molecule is CCc1cnc(CCNC(=NC)NCCc2c[nH]c3ccc(Cl)cc23)s1. The van der Waals surface area contributed by atoms with Gasteiger partial charge in [0.05, 0.1) is 5.01 Å². The standard InChI is InChI=1S/C19H24ClN5S/c1-3-15-12-25-18(26-15)7-9-23-19(21-2)22-8-6-13-11-24-17-5-4-14(20)10-16(13)17/h4-5,10-12,24H,3,6-9H2,1-2H3,(H2,21,22,23). The van der Waals surface area contributed by atoms with Gasteiger partial charge in [-0.1, -0.05) is 18.5 Å². The van der Waals surface area contributed by atoms with Gasteiger partial charge in [0.1, 0.15) is 0 Å². The highest BCUT2D eigenvalue weighted by atomic mass is 35.5. The molecule has 3 aromatic rings. The van der Waals surface area contributed by atoms with E-state index in [-0.39, 0.29) is 0 Å². The molecule has 2 heterocycles. The number of aliphatic imine (C=N–C) groups is 1. The zero-order chi connectivity index (χ0) is 18.4. The third-order valence-corrected chi connectivity index (χ3v) is 5.66. The molecule has 7 heteroatoms. The molecule has 0 saturated carbocycles. The molecule has 0 atom stereocenters. The van der Waals surface area contributed by atoms with Crippen LogP contribution in [0.2, 0.25) is 5.02 Å². The van der Waals surface area contributed by atoms with Crippen LogP contribution in [-0.2, 0) is 19.3 Å². The maximum Gasteiger partial charge on any atom is 0.191 e. The minimum atomic E-state index is 0.761. The Hall–Kier alpha value is -2.05. The van der Waals surface area contributed by atoms with Crippen LogP contribution in [0.25, 0.3) is 10.9 Å². The summed E-state index contributed by atoms with van der Waals surface area (Å²) in [7, 11) is 1.79. The minimum absolute atomic E-state index is 0.761. The molecule has 0 fully saturated rings. The number of guanidine groups is 1. The molecule has 0 aliphatic heterocycles. The van der Waals surface area contributed by atoms with E-state index in [0.717, 1.165) is 48.9 Å². The van der Waals surface area contributed by atoms with Crippen molar-refractivity contribution in [2.45, 2.75) is 26.2 Å². The summed E-state index contributed by atoms with van der Waals surface area (Å²) in [6.45, 7) is 3.78. The predicted octanol–water partition coefficient (Wildman–Crippen LogP) is 3.79. The minimum Gasteiger partial charge on any atom is -0.361 e. The highest BCUT2D eigenvalue weighted by Crippen LogP contribution is 2.22. The number of nitrogens with zero attached hydrogens (tertiary/aromatic N) is 2. The number of hydrogen-bond acceptors (Lipinski definition) is 3. The van der Waals surface area contributed by atoms with Crippen molar-refractivity contribution in [2.24, 2.45) is 4.99 Å². The summed E-state index contributed by atoms with van der Waals surface area (Å²) in [5.74, 6) is 0.815. The van der Waals surface area contributed by atoms with Gasteiger partial charge >= 0.3 is 0 Å². The van der Waals surface area contributed by atoms with E-state index in [2.05, 4.69) is 32.5 Å². The number of fused-ring (bicyclic) bond motifs is 1. The van der Waals surface area contributed by atoms with Gasteiger partial charge < -0.3 is 15.6 Å². The molecule has 5 nitrogen and oxygen atoms in total. The monoisotopic (exact) mass is 389 g/mol. The molecule has 0 spiro atoms. The Bertz CT molecular complexity index is 883. The van der Waals surface area contributed by atoms with E-state index in [0.29, 0.717) is 0 Å². The summed E-state index contributed by atoms with van der Waals surface area (Å²) in [5, 5.41) is 9.82. The van der Waals surface area contributed by atoms with Gasteiger partial charge in [0.2, 0.25) is 0 Å². The lowest BCUT2D eigenvalue weighted by Crippen LogP contribution is -2.39. The molecule has 26 heavy (non-hydrogen) atoms. The van der Waals surface area contributed by atoms with Crippen molar-refractivity contribution in [1.82, 2.24) is 20.6 Å². The van der Waals surface area contributed by atoms with Gasteiger partial charge in [-0.3, -0.25) is 4.99 Å². The topological polar surface area (TPSA) is 65.1 Å². The van der Waals surface area contributed by atoms with E-state index in [9.17, 15) is 0 Å². The summed E-state index contributed by atoms with van der Waals surface area (Å²) in [4.78, 5) is 13.4. The number of aromatic amines is 1. The molecule has 0 aliphatic rings. The van der Waals surface area contributed by atoms with Crippen LogP contribution in [-0.4, -0.2) is 36.1 Å². The van der Waals surface area contributed by atoms with Gasteiger partial charge in [-0.05, 0) is 36.6 Å². The summed E-state index contributed by atoms with van der Waals surface area (Å²) in [6, 6.07) is 5.92. The molecule has 138 valence electrons. The second kappa shape index (κ2) is 9.05. The fourth-order valence-corrected chi connectivity index (χ4v) is 3.84. The van der Waals surface area contributed by atoms with E-state index in [1.807, 2.05) is 30.6 Å². The Morgan fingerprint density at radius 2 is 2.08 bits per heavy atom. The van der Waals surface area contributed by atoms with E-state index in [1.54, 1.807) is 18.4 Å². The van der Waals surface area contributed by atoms with Crippen molar-refractivity contribution < 1.29 is 0 Å². The lowest BCUT2D eigenvalue weighted by atomic mass is 10.1. The second-order valence-corrected chi connectivity index (χ2v) is 7.64. The number of H-pyrrole nitrogens is 1. The van der Waals surface area contributed by atoms with Crippen LogP contribution in [0, 0.1) is 0 Å². The van der Waals surface area contributed by atoms with Gasteiger partial charge in [-0.2, -0.15) is 0 Å².